The molecule has 1 aromatic rings. The first-order valence-electron chi connectivity index (χ1n) is 2.59. The summed E-state index contributed by atoms with van der Waals surface area (Å²) in [5.41, 5.74) is 2.70. The third-order valence-electron chi connectivity index (χ3n) is 1.16. The van der Waals surface area contributed by atoms with Gasteiger partial charge >= 0.3 is 0 Å². The number of hydrogen-bond donors (Lipinski definition) is 1. The van der Waals surface area contributed by atoms with Gasteiger partial charge in [-0.05, 0) is 0 Å². The second-order valence-corrected chi connectivity index (χ2v) is 1.74. The fraction of sp³-hybridized carbons (Fsp3) is 0.250. The molecule has 1 aliphatic heterocycles. The van der Waals surface area contributed by atoms with Crippen molar-refractivity contribution >= 4 is 5.82 Å². The van der Waals surface area contributed by atoms with Gasteiger partial charge in [0.15, 0.2) is 0 Å². The third kappa shape index (κ3) is 0.576. The second-order valence-electron chi connectivity index (χ2n) is 1.74. The van der Waals surface area contributed by atoms with E-state index in [1.165, 1.54) is 0 Å². The zero-order valence-electron chi connectivity index (χ0n) is 4.65. The van der Waals surface area contributed by atoms with Crippen LogP contribution in [-0.2, 0) is 6.67 Å². The molecule has 0 fully saturated rings. The summed E-state index contributed by atoms with van der Waals surface area (Å²) in [7, 11) is 0. The normalized spacial score (nSPS) is 14.7. The highest BCUT2D eigenvalue weighted by molar-refractivity contribution is 5.31. The molecule has 9 heavy (non-hydrogen) atoms. The van der Waals surface area contributed by atoms with Gasteiger partial charge in [0, 0.05) is 0 Å². The van der Waals surface area contributed by atoms with Crippen molar-refractivity contribution in [3.8, 4) is 0 Å². The maximum atomic E-state index is 3.88. The predicted octanol–water partition coefficient (Wildman–Crippen LogP) is 0.633. The van der Waals surface area contributed by atoms with Crippen molar-refractivity contribution in [1.82, 2.24) is 9.55 Å². The van der Waals surface area contributed by atoms with Crippen molar-refractivity contribution in [1.29, 1.82) is 0 Å². The zero-order chi connectivity index (χ0) is 6.10. The standard InChI is InChI=1S/C4H5N5/c1-4-7-8-6-3-9(4)2-5-1/h1-2H,3H2,(H,6,7). The van der Waals surface area contributed by atoms with E-state index in [9.17, 15) is 0 Å². The predicted molar refractivity (Wildman–Crippen MR) is 30.7 cm³/mol. The summed E-state index contributed by atoms with van der Waals surface area (Å²) in [6, 6.07) is 0. The van der Waals surface area contributed by atoms with Crippen LogP contribution in [0.15, 0.2) is 22.9 Å². The smallest absolute Gasteiger partial charge is 0.149 e. The van der Waals surface area contributed by atoms with Crippen LogP contribution in [0.25, 0.3) is 0 Å². The average Bonchev–Trinajstić information content (AvgIpc) is 2.33. The Labute approximate surface area is 51.4 Å². The van der Waals surface area contributed by atoms with E-state index in [2.05, 4.69) is 20.7 Å². The SMILES string of the molecule is c1ncn2c1NN=NC2. The van der Waals surface area contributed by atoms with E-state index in [1.54, 1.807) is 12.5 Å². The molecule has 1 aromatic heterocycles. The van der Waals surface area contributed by atoms with E-state index in [-0.39, 0.29) is 0 Å². The lowest BCUT2D eigenvalue weighted by molar-refractivity contribution is 0.663. The maximum Gasteiger partial charge on any atom is 0.149 e. The molecule has 0 spiro atoms. The van der Waals surface area contributed by atoms with Crippen molar-refractivity contribution in [3.05, 3.63) is 12.5 Å². The van der Waals surface area contributed by atoms with E-state index in [1.807, 2.05) is 4.57 Å². The summed E-state index contributed by atoms with van der Waals surface area (Å²) in [5.74, 6) is 0.894. The van der Waals surface area contributed by atoms with E-state index in [4.69, 9.17) is 0 Å². The molecule has 1 N–H and O–H groups in total. The summed E-state index contributed by atoms with van der Waals surface area (Å²) < 4.78 is 1.87. The van der Waals surface area contributed by atoms with Gasteiger partial charge in [0.25, 0.3) is 0 Å². The van der Waals surface area contributed by atoms with Crippen LogP contribution in [0.1, 0.15) is 0 Å². The van der Waals surface area contributed by atoms with Crippen LogP contribution in [0.2, 0.25) is 0 Å². The van der Waals surface area contributed by atoms with E-state index >= 15 is 0 Å². The van der Waals surface area contributed by atoms with Crippen LogP contribution in [0.4, 0.5) is 5.82 Å². The zero-order valence-corrected chi connectivity index (χ0v) is 4.65. The molecule has 0 atom stereocenters. The molecule has 0 aromatic carbocycles. The van der Waals surface area contributed by atoms with Gasteiger partial charge in [0.2, 0.25) is 0 Å². The number of aromatic nitrogens is 2. The summed E-state index contributed by atoms with van der Waals surface area (Å²) in [6.45, 7) is 0.572. The van der Waals surface area contributed by atoms with Gasteiger partial charge in [-0.25, -0.2) is 10.4 Å². The van der Waals surface area contributed by atoms with Crippen molar-refractivity contribution in [2.24, 2.45) is 10.3 Å². The fourth-order valence-corrected chi connectivity index (χ4v) is 0.713. The Balaban J connectivity index is 2.46. The molecule has 5 heteroatoms. The van der Waals surface area contributed by atoms with Crippen molar-refractivity contribution in [2.45, 2.75) is 6.67 Å². The molecule has 5 nitrogen and oxygen atoms in total. The molecule has 2 rings (SSSR count). The molecule has 0 aliphatic carbocycles. The first kappa shape index (κ1) is 4.49. The van der Waals surface area contributed by atoms with Crippen LogP contribution in [-0.4, -0.2) is 9.55 Å². The topological polar surface area (TPSA) is 54.6 Å². The van der Waals surface area contributed by atoms with Crippen molar-refractivity contribution in [3.63, 3.8) is 0 Å². The van der Waals surface area contributed by atoms with Gasteiger partial charge in [-0.15, -0.1) is 5.11 Å². The first-order chi connectivity index (χ1) is 4.47. The minimum absolute atomic E-state index is 0.572. The van der Waals surface area contributed by atoms with Crippen LogP contribution >= 0.6 is 0 Å². The highest BCUT2D eigenvalue weighted by Gasteiger charge is 2.01. The molecule has 0 bridgehead atoms. The first-order valence-corrected chi connectivity index (χ1v) is 2.59. The Morgan fingerprint density at radius 2 is 2.67 bits per heavy atom. The Morgan fingerprint density at radius 1 is 1.67 bits per heavy atom. The lowest BCUT2D eigenvalue weighted by Gasteiger charge is -2.06. The van der Waals surface area contributed by atoms with E-state index in [0.29, 0.717) is 6.67 Å². The number of rotatable bonds is 0. The highest BCUT2D eigenvalue weighted by Crippen LogP contribution is 2.09. The third-order valence-corrected chi connectivity index (χ3v) is 1.16. The molecular weight excluding hydrogens is 118 g/mol. The Morgan fingerprint density at radius 3 is 3.56 bits per heavy atom. The summed E-state index contributed by atoms with van der Waals surface area (Å²) >= 11 is 0. The molecule has 0 radical (unpaired) electrons. The Kier molecular flexibility index (Phi) is 0.769. The van der Waals surface area contributed by atoms with Gasteiger partial charge in [0.05, 0.1) is 12.5 Å². The van der Waals surface area contributed by atoms with Gasteiger partial charge < -0.3 is 0 Å². The van der Waals surface area contributed by atoms with Crippen LogP contribution in [0.3, 0.4) is 0 Å². The molecule has 0 amide bonds. The number of nitrogens with one attached hydrogen (secondary N) is 1. The number of fused-ring (bicyclic) bond motifs is 1. The summed E-state index contributed by atoms with van der Waals surface area (Å²) in [6.07, 6.45) is 3.42. The second kappa shape index (κ2) is 1.54. The van der Waals surface area contributed by atoms with Gasteiger partial charge in [0.1, 0.15) is 12.5 Å². The minimum Gasteiger partial charge on any atom is -0.294 e. The summed E-state index contributed by atoms with van der Waals surface area (Å²) in [5, 5.41) is 7.33. The number of imidazole rings is 1. The Bertz CT molecular complexity index is 214. The lowest BCUT2D eigenvalue weighted by atomic mass is 10.7. The molecule has 2 heterocycles. The van der Waals surface area contributed by atoms with Crippen molar-refractivity contribution < 1.29 is 0 Å². The van der Waals surface area contributed by atoms with E-state index < -0.39 is 0 Å². The summed E-state index contributed by atoms with van der Waals surface area (Å²) in [4.78, 5) is 3.88. The maximum absolute atomic E-state index is 3.88. The molecule has 1 aliphatic rings. The fourth-order valence-electron chi connectivity index (χ4n) is 0.713. The number of nitrogens with zero attached hydrogens (tertiary/aromatic N) is 4. The van der Waals surface area contributed by atoms with Crippen LogP contribution in [0.5, 0.6) is 0 Å². The molecule has 0 unspecified atom stereocenters. The number of anilines is 1. The van der Waals surface area contributed by atoms with Crippen LogP contribution < -0.4 is 5.43 Å². The Hall–Kier alpha value is -1.39. The molecule has 46 valence electrons. The van der Waals surface area contributed by atoms with E-state index in [0.717, 1.165) is 5.82 Å². The monoisotopic (exact) mass is 123 g/mol. The molecule has 0 saturated carbocycles. The highest BCUT2D eigenvalue weighted by atomic mass is 15.5. The minimum atomic E-state index is 0.572. The quantitative estimate of drug-likeness (QED) is 0.550. The molecular formula is C4H5N5. The lowest BCUT2D eigenvalue weighted by Crippen LogP contribution is -2.03. The number of hydrogen-bond acceptors (Lipinski definition) is 4. The van der Waals surface area contributed by atoms with Gasteiger partial charge in [-0.2, -0.15) is 0 Å². The van der Waals surface area contributed by atoms with Crippen molar-refractivity contribution in [2.75, 3.05) is 5.43 Å². The van der Waals surface area contributed by atoms with Crippen LogP contribution in [0, 0.1) is 0 Å². The molecule has 0 saturated heterocycles. The average molecular weight is 123 g/mol. The van der Waals surface area contributed by atoms with Gasteiger partial charge in [-0.3, -0.25) is 4.57 Å². The van der Waals surface area contributed by atoms with Gasteiger partial charge in [-0.1, -0.05) is 5.22 Å². The largest absolute Gasteiger partial charge is 0.294 e.